The maximum atomic E-state index is 12.4. The summed E-state index contributed by atoms with van der Waals surface area (Å²) in [5.74, 6) is -0.126. The molecule has 1 amide bonds. The second-order valence-electron chi connectivity index (χ2n) is 6.01. The van der Waals surface area contributed by atoms with Gasteiger partial charge in [0.2, 0.25) is 0 Å². The monoisotopic (exact) mass is 357 g/mol. The van der Waals surface area contributed by atoms with Crippen LogP contribution in [0.3, 0.4) is 0 Å². The molecule has 1 aromatic carbocycles. The van der Waals surface area contributed by atoms with Crippen molar-refractivity contribution in [3.63, 3.8) is 0 Å². The van der Waals surface area contributed by atoms with Gasteiger partial charge in [0.1, 0.15) is 0 Å². The van der Waals surface area contributed by atoms with E-state index in [2.05, 4.69) is 15.5 Å². The van der Waals surface area contributed by atoms with Gasteiger partial charge in [-0.2, -0.15) is 10.2 Å². The van der Waals surface area contributed by atoms with Gasteiger partial charge < -0.3 is 5.32 Å². The van der Waals surface area contributed by atoms with Crippen molar-refractivity contribution in [3.8, 4) is 0 Å². The summed E-state index contributed by atoms with van der Waals surface area (Å²) in [5, 5.41) is 12.2. The van der Waals surface area contributed by atoms with Crippen LogP contribution < -0.4 is 5.32 Å². The number of amides is 1. The van der Waals surface area contributed by atoms with Crippen molar-refractivity contribution in [2.45, 2.75) is 26.9 Å². The fourth-order valence-corrected chi connectivity index (χ4v) is 2.78. The normalized spacial score (nSPS) is 10.9. The van der Waals surface area contributed by atoms with Gasteiger partial charge in [-0.05, 0) is 37.6 Å². The van der Waals surface area contributed by atoms with Gasteiger partial charge in [-0.1, -0.05) is 23.7 Å². The molecule has 0 aliphatic heterocycles. The Balaban J connectivity index is 1.70. The van der Waals surface area contributed by atoms with Crippen molar-refractivity contribution in [1.29, 1.82) is 0 Å². The molecule has 0 saturated heterocycles. The Hall–Kier alpha value is -2.60. The lowest BCUT2D eigenvalue weighted by molar-refractivity contribution is 0.0950. The highest BCUT2D eigenvalue weighted by Gasteiger charge is 2.11. The van der Waals surface area contributed by atoms with Crippen molar-refractivity contribution in [2.75, 3.05) is 0 Å². The lowest BCUT2D eigenvalue weighted by Gasteiger charge is -2.08. The predicted octanol–water partition coefficient (Wildman–Crippen LogP) is 2.87. The summed E-state index contributed by atoms with van der Waals surface area (Å²) in [6, 6.07) is 9.39. The van der Waals surface area contributed by atoms with Gasteiger partial charge in [0.25, 0.3) is 5.91 Å². The second-order valence-corrected chi connectivity index (χ2v) is 6.38. The number of aromatic nitrogens is 4. The molecule has 1 N–H and O–H groups in total. The molecule has 7 heteroatoms. The summed E-state index contributed by atoms with van der Waals surface area (Å²) in [4.78, 5) is 12.4. The molecular formula is C18H20ClN5O. The van der Waals surface area contributed by atoms with Crippen molar-refractivity contribution < 1.29 is 4.79 Å². The van der Waals surface area contributed by atoms with Gasteiger partial charge in [-0.15, -0.1) is 0 Å². The molecule has 0 aliphatic carbocycles. The van der Waals surface area contributed by atoms with Gasteiger partial charge >= 0.3 is 0 Å². The predicted molar refractivity (Wildman–Crippen MR) is 96.6 cm³/mol. The molecule has 130 valence electrons. The van der Waals surface area contributed by atoms with E-state index in [-0.39, 0.29) is 5.91 Å². The number of hydrogen-bond donors (Lipinski definition) is 1. The number of carbonyl (C=O) groups is 1. The maximum absolute atomic E-state index is 12.4. The summed E-state index contributed by atoms with van der Waals surface area (Å²) < 4.78 is 3.56. The van der Waals surface area contributed by atoms with Gasteiger partial charge in [0.15, 0.2) is 0 Å². The molecule has 0 bridgehead atoms. The van der Waals surface area contributed by atoms with Crippen LogP contribution in [0.5, 0.6) is 0 Å². The molecule has 0 aliphatic rings. The van der Waals surface area contributed by atoms with E-state index in [0.29, 0.717) is 23.7 Å². The minimum Gasteiger partial charge on any atom is -0.346 e. The average Bonchev–Trinajstić information content (AvgIpc) is 3.12. The first-order valence-corrected chi connectivity index (χ1v) is 8.37. The third kappa shape index (κ3) is 3.91. The highest BCUT2D eigenvalue weighted by molar-refractivity contribution is 6.31. The lowest BCUT2D eigenvalue weighted by Crippen LogP contribution is -2.23. The quantitative estimate of drug-likeness (QED) is 0.763. The maximum Gasteiger partial charge on any atom is 0.251 e. The standard InChI is InChI=1S/C18H20ClN5O/c1-12-17(19)13(2)24(21-12)11-14-5-4-6-15(9-14)18(25)20-10-16-7-8-23(3)22-16/h4-9H,10-11H2,1-3H3,(H,20,25). The summed E-state index contributed by atoms with van der Waals surface area (Å²) in [5.41, 5.74) is 4.16. The van der Waals surface area contributed by atoms with Gasteiger partial charge in [0.05, 0.1) is 35.2 Å². The number of aryl methyl sites for hydroxylation is 2. The van der Waals surface area contributed by atoms with Crippen molar-refractivity contribution >= 4 is 17.5 Å². The highest BCUT2D eigenvalue weighted by Crippen LogP contribution is 2.20. The zero-order chi connectivity index (χ0) is 18.0. The first kappa shape index (κ1) is 17.2. The smallest absolute Gasteiger partial charge is 0.251 e. The van der Waals surface area contributed by atoms with Crippen LogP contribution >= 0.6 is 11.6 Å². The van der Waals surface area contributed by atoms with Crippen LogP contribution in [0, 0.1) is 13.8 Å². The fraction of sp³-hybridized carbons (Fsp3) is 0.278. The van der Waals surface area contributed by atoms with Crippen LogP contribution in [0.1, 0.15) is 33.0 Å². The largest absolute Gasteiger partial charge is 0.346 e. The van der Waals surface area contributed by atoms with E-state index < -0.39 is 0 Å². The fourth-order valence-electron chi connectivity index (χ4n) is 2.64. The number of nitrogens with zero attached hydrogens (tertiary/aromatic N) is 4. The van der Waals surface area contributed by atoms with E-state index in [0.717, 1.165) is 22.6 Å². The minimum absolute atomic E-state index is 0.126. The van der Waals surface area contributed by atoms with Crippen LogP contribution in [-0.2, 0) is 20.1 Å². The third-order valence-corrected chi connectivity index (χ3v) is 4.56. The Kier molecular flexibility index (Phi) is 4.90. The van der Waals surface area contributed by atoms with E-state index in [1.165, 1.54) is 0 Å². The molecule has 0 spiro atoms. The number of carbonyl (C=O) groups excluding carboxylic acids is 1. The van der Waals surface area contributed by atoms with Crippen LogP contribution in [0.4, 0.5) is 0 Å². The van der Waals surface area contributed by atoms with Crippen LogP contribution in [0.2, 0.25) is 5.02 Å². The Morgan fingerprint density at radius 2 is 2.04 bits per heavy atom. The first-order chi connectivity index (χ1) is 11.9. The van der Waals surface area contributed by atoms with Gasteiger partial charge in [-0.3, -0.25) is 14.2 Å². The minimum atomic E-state index is -0.126. The Morgan fingerprint density at radius 1 is 1.24 bits per heavy atom. The van der Waals surface area contributed by atoms with E-state index in [4.69, 9.17) is 11.6 Å². The Labute approximate surface area is 151 Å². The first-order valence-electron chi connectivity index (χ1n) is 7.99. The molecular weight excluding hydrogens is 338 g/mol. The molecule has 2 heterocycles. The number of halogens is 1. The molecule has 3 aromatic rings. The third-order valence-electron chi connectivity index (χ3n) is 4.01. The Morgan fingerprint density at radius 3 is 2.68 bits per heavy atom. The Bertz CT molecular complexity index is 912. The molecule has 0 saturated carbocycles. The summed E-state index contributed by atoms with van der Waals surface area (Å²) in [7, 11) is 1.85. The van der Waals surface area contributed by atoms with Crippen molar-refractivity contribution in [1.82, 2.24) is 24.9 Å². The highest BCUT2D eigenvalue weighted by atomic mass is 35.5. The number of rotatable bonds is 5. The number of nitrogens with one attached hydrogen (secondary N) is 1. The number of hydrogen-bond acceptors (Lipinski definition) is 3. The van der Waals surface area contributed by atoms with E-state index in [1.54, 1.807) is 10.7 Å². The molecule has 0 radical (unpaired) electrons. The van der Waals surface area contributed by atoms with Gasteiger partial charge in [0, 0.05) is 18.8 Å². The van der Waals surface area contributed by atoms with Crippen molar-refractivity contribution in [3.05, 3.63) is 69.8 Å². The molecule has 0 atom stereocenters. The molecule has 3 rings (SSSR count). The zero-order valence-electron chi connectivity index (χ0n) is 14.5. The summed E-state index contributed by atoms with van der Waals surface area (Å²) >= 11 is 6.19. The zero-order valence-corrected chi connectivity index (χ0v) is 15.2. The summed E-state index contributed by atoms with van der Waals surface area (Å²) in [6.07, 6.45) is 1.85. The van der Waals surface area contributed by atoms with Crippen LogP contribution in [-0.4, -0.2) is 25.5 Å². The second kappa shape index (κ2) is 7.11. The molecule has 25 heavy (non-hydrogen) atoms. The SMILES string of the molecule is Cc1nn(Cc2cccc(C(=O)NCc3ccn(C)n3)c2)c(C)c1Cl. The molecule has 0 fully saturated rings. The topological polar surface area (TPSA) is 64.7 Å². The average molecular weight is 358 g/mol. The van der Waals surface area contributed by atoms with Crippen molar-refractivity contribution in [2.24, 2.45) is 7.05 Å². The molecule has 0 unspecified atom stereocenters. The van der Waals surface area contributed by atoms with Crippen LogP contribution in [0.15, 0.2) is 36.5 Å². The van der Waals surface area contributed by atoms with E-state index in [1.807, 2.05) is 56.0 Å². The van der Waals surface area contributed by atoms with E-state index >= 15 is 0 Å². The summed E-state index contributed by atoms with van der Waals surface area (Å²) in [6.45, 7) is 4.79. The van der Waals surface area contributed by atoms with E-state index in [9.17, 15) is 4.79 Å². The van der Waals surface area contributed by atoms with Gasteiger partial charge in [-0.25, -0.2) is 0 Å². The molecule has 2 aromatic heterocycles. The van der Waals surface area contributed by atoms with Crippen LogP contribution in [0.25, 0.3) is 0 Å². The molecule has 6 nitrogen and oxygen atoms in total. The number of benzene rings is 1. The lowest BCUT2D eigenvalue weighted by atomic mass is 10.1.